The summed E-state index contributed by atoms with van der Waals surface area (Å²) in [6.07, 6.45) is 0.970. The van der Waals surface area contributed by atoms with Crippen LogP contribution in [0.5, 0.6) is 0 Å². The Morgan fingerprint density at radius 3 is 3.05 bits per heavy atom. The smallest absolute Gasteiger partial charge is 0.241 e. The fraction of sp³-hybridized carbons (Fsp3) is 0.312. The van der Waals surface area contributed by atoms with Crippen molar-refractivity contribution in [1.29, 1.82) is 0 Å². The molecular weight excluding hydrogens is 367 g/mol. The van der Waals surface area contributed by atoms with Crippen LogP contribution in [0.1, 0.15) is 17.4 Å². The zero-order valence-corrected chi connectivity index (χ0v) is 14.5. The Balaban J connectivity index is 1.67. The second-order valence-corrected chi connectivity index (χ2v) is 7.30. The second-order valence-electron chi connectivity index (χ2n) is 5.38. The maximum absolute atomic E-state index is 13.8. The molecule has 2 heterocycles. The standard InChI is InChI=1S/C16H16BrFN2OS/c1-10(20-6-4-15-11(9-20)5-7-22-15)16(21)19-14-3-2-12(17)8-13(14)18/h2-3,5,7-8,10H,4,6,9H2,1H3,(H,19,21). The predicted octanol–water partition coefficient (Wildman–Crippen LogP) is 4.04. The summed E-state index contributed by atoms with van der Waals surface area (Å²) in [5, 5.41) is 4.77. The van der Waals surface area contributed by atoms with Gasteiger partial charge in [-0.1, -0.05) is 15.9 Å². The van der Waals surface area contributed by atoms with Crippen molar-refractivity contribution < 1.29 is 9.18 Å². The van der Waals surface area contributed by atoms with Crippen molar-refractivity contribution in [2.45, 2.75) is 25.9 Å². The molecule has 0 spiro atoms. The fourth-order valence-corrected chi connectivity index (χ4v) is 3.82. The van der Waals surface area contributed by atoms with E-state index in [-0.39, 0.29) is 17.6 Å². The minimum atomic E-state index is -0.436. The molecule has 1 unspecified atom stereocenters. The molecule has 1 amide bonds. The zero-order valence-electron chi connectivity index (χ0n) is 12.1. The number of benzene rings is 1. The van der Waals surface area contributed by atoms with Crippen molar-refractivity contribution >= 4 is 38.9 Å². The molecule has 6 heteroatoms. The lowest BCUT2D eigenvalue weighted by molar-refractivity contribution is -0.121. The summed E-state index contributed by atoms with van der Waals surface area (Å²) in [6.45, 7) is 3.49. The first-order chi connectivity index (χ1) is 10.5. The van der Waals surface area contributed by atoms with Gasteiger partial charge >= 0.3 is 0 Å². The minimum absolute atomic E-state index is 0.181. The molecule has 1 N–H and O–H groups in total. The average Bonchev–Trinajstić information content (AvgIpc) is 2.96. The molecule has 0 saturated heterocycles. The number of hydrogen-bond donors (Lipinski definition) is 1. The normalized spacial score (nSPS) is 16.1. The SMILES string of the molecule is CC(C(=O)Nc1ccc(Br)cc1F)N1CCc2sccc2C1. The predicted molar refractivity (Wildman–Crippen MR) is 90.6 cm³/mol. The fourth-order valence-electron chi connectivity index (χ4n) is 2.59. The molecule has 22 heavy (non-hydrogen) atoms. The number of rotatable bonds is 3. The van der Waals surface area contributed by atoms with Crippen LogP contribution in [0.15, 0.2) is 34.1 Å². The molecule has 2 aromatic rings. The number of carbonyl (C=O) groups excluding carboxylic acids is 1. The number of amides is 1. The number of nitrogens with one attached hydrogen (secondary N) is 1. The average molecular weight is 383 g/mol. The highest BCUT2D eigenvalue weighted by Gasteiger charge is 2.26. The summed E-state index contributed by atoms with van der Waals surface area (Å²) >= 11 is 4.98. The quantitative estimate of drug-likeness (QED) is 0.868. The Bertz CT molecular complexity index is 703. The number of fused-ring (bicyclic) bond motifs is 1. The third-order valence-electron chi connectivity index (χ3n) is 3.95. The van der Waals surface area contributed by atoms with Gasteiger partial charge in [-0.05, 0) is 48.6 Å². The lowest BCUT2D eigenvalue weighted by Crippen LogP contribution is -2.44. The molecule has 0 aliphatic carbocycles. The summed E-state index contributed by atoms with van der Waals surface area (Å²) in [5.74, 6) is -0.617. The Kier molecular flexibility index (Phi) is 4.61. The third kappa shape index (κ3) is 3.24. The van der Waals surface area contributed by atoms with Gasteiger partial charge in [0, 0.05) is 22.4 Å². The molecule has 1 aromatic heterocycles. The van der Waals surface area contributed by atoms with Gasteiger partial charge in [0.2, 0.25) is 5.91 Å². The molecule has 1 aliphatic heterocycles. The molecule has 3 nitrogen and oxygen atoms in total. The first-order valence-corrected chi connectivity index (χ1v) is 8.77. The van der Waals surface area contributed by atoms with Crippen LogP contribution in [0.3, 0.4) is 0 Å². The van der Waals surface area contributed by atoms with Crippen molar-refractivity contribution in [2.24, 2.45) is 0 Å². The lowest BCUT2D eigenvalue weighted by atomic mass is 10.1. The maximum Gasteiger partial charge on any atom is 0.241 e. The number of thiophene rings is 1. The Morgan fingerprint density at radius 2 is 2.27 bits per heavy atom. The van der Waals surface area contributed by atoms with E-state index in [9.17, 15) is 9.18 Å². The maximum atomic E-state index is 13.8. The van der Waals surface area contributed by atoms with Crippen LogP contribution in [0.25, 0.3) is 0 Å². The van der Waals surface area contributed by atoms with Crippen LogP contribution >= 0.6 is 27.3 Å². The molecule has 0 radical (unpaired) electrons. The van der Waals surface area contributed by atoms with Crippen LogP contribution in [-0.2, 0) is 17.8 Å². The largest absolute Gasteiger partial charge is 0.322 e. The van der Waals surface area contributed by atoms with E-state index in [0.29, 0.717) is 4.47 Å². The van der Waals surface area contributed by atoms with Crippen molar-refractivity contribution in [3.63, 3.8) is 0 Å². The summed E-state index contributed by atoms with van der Waals surface area (Å²) in [5.41, 5.74) is 1.51. The van der Waals surface area contributed by atoms with E-state index < -0.39 is 5.82 Å². The van der Waals surface area contributed by atoms with E-state index in [4.69, 9.17) is 0 Å². The molecule has 0 saturated carbocycles. The van der Waals surface area contributed by atoms with E-state index in [1.807, 2.05) is 6.92 Å². The summed E-state index contributed by atoms with van der Waals surface area (Å²) in [6, 6.07) is 6.44. The second kappa shape index (κ2) is 6.48. The number of nitrogens with zero attached hydrogens (tertiary/aromatic N) is 1. The van der Waals surface area contributed by atoms with Crippen LogP contribution in [0.4, 0.5) is 10.1 Å². The van der Waals surface area contributed by atoms with Gasteiger partial charge in [0.15, 0.2) is 0 Å². The van der Waals surface area contributed by atoms with Gasteiger partial charge in [-0.15, -0.1) is 11.3 Å². The van der Waals surface area contributed by atoms with Crippen molar-refractivity contribution in [3.05, 3.63) is 50.4 Å². The number of carbonyl (C=O) groups is 1. The molecule has 1 aromatic carbocycles. The Morgan fingerprint density at radius 1 is 1.45 bits per heavy atom. The Hall–Kier alpha value is -1.24. The highest BCUT2D eigenvalue weighted by Crippen LogP contribution is 2.26. The van der Waals surface area contributed by atoms with Crippen molar-refractivity contribution in [3.8, 4) is 0 Å². The summed E-state index contributed by atoms with van der Waals surface area (Å²) < 4.78 is 14.5. The van der Waals surface area contributed by atoms with E-state index in [1.165, 1.54) is 16.5 Å². The first kappa shape index (κ1) is 15.6. The molecule has 1 aliphatic rings. The van der Waals surface area contributed by atoms with Gasteiger partial charge < -0.3 is 5.32 Å². The molecule has 1 atom stereocenters. The lowest BCUT2D eigenvalue weighted by Gasteiger charge is -2.31. The Labute approximate surface area is 141 Å². The molecule has 0 fully saturated rings. The van der Waals surface area contributed by atoms with Gasteiger partial charge in [-0.25, -0.2) is 4.39 Å². The topological polar surface area (TPSA) is 32.3 Å². The number of anilines is 1. The van der Waals surface area contributed by atoms with Crippen LogP contribution in [-0.4, -0.2) is 23.4 Å². The van der Waals surface area contributed by atoms with E-state index in [1.54, 1.807) is 23.5 Å². The van der Waals surface area contributed by atoms with E-state index in [2.05, 4.69) is 37.6 Å². The summed E-state index contributed by atoms with van der Waals surface area (Å²) in [4.78, 5) is 15.9. The molecular formula is C16H16BrFN2OS. The van der Waals surface area contributed by atoms with Gasteiger partial charge in [0.1, 0.15) is 5.82 Å². The first-order valence-electron chi connectivity index (χ1n) is 7.10. The highest BCUT2D eigenvalue weighted by molar-refractivity contribution is 9.10. The molecule has 0 bridgehead atoms. The van der Waals surface area contributed by atoms with Crippen LogP contribution in [0, 0.1) is 5.82 Å². The number of hydrogen-bond acceptors (Lipinski definition) is 3. The van der Waals surface area contributed by atoms with E-state index in [0.717, 1.165) is 19.5 Å². The van der Waals surface area contributed by atoms with Gasteiger partial charge in [0.25, 0.3) is 0 Å². The number of halogens is 2. The van der Waals surface area contributed by atoms with Crippen LogP contribution in [0.2, 0.25) is 0 Å². The molecule has 3 rings (SSSR count). The molecule has 116 valence electrons. The summed E-state index contributed by atoms with van der Waals surface area (Å²) in [7, 11) is 0. The van der Waals surface area contributed by atoms with Gasteiger partial charge in [-0.2, -0.15) is 0 Å². The van der Waals surface area contributed by atoms with Crippen molar-refractivity contribution in [1.82, 2.24) is 4.90 Å². The monoisotopic (exact) mass is 382 g/mol. The highest BCUT2D eigenvalue weighted by atomic mass is 79.9. The van der Waals surface area contributed by atoms with Gasteiger partial charge in [0.05, 0.1) is 11.7 Å². The van der Waals surface area contributed by atoms with Gasteiger partial charge in [-0.3, -0.25) is 9.69 Å². The van der Waals surface area contributed by atoms with E-state index >= 15 is 0 Å². The third-order valence-corrected chi connectivity index (χ3v) is 5.47. The minimum Gasteiger partial charge on any atom is -0.322 e. The van der Waals surface area contributed by atoms with Crippen molar-refractivity contribution in [2.75, 3.05) is 11.9 Å². The van der Waals surface area contributed by atoms with Crippen LogP contribution < -0.4 is 5.32 Å². The zero-order chi connectivity index (χ0) is 15.7.